The van der Waals surface area contributed by atoms with Gasteiger partial charge in [0.05, 0.1) is 6.61 Å². The van der Waals surface area contributed by atoms with E-state index in [1.54, 1.807) is 0 Å². The highest BCUT2D eigenvalue weighted by atomic mass is 16.5. The molecular weight excluding hydrogens is 286 g/mol. The van der Waals surface area contributed by atoms with Crippen LogP contribution in [0.3, 0.4) is 0 Å². The van der Waals surface area contributed by atoms with Crippen molar-refractivity contribution in [2.24, 2.45) is 0 Å². The number of amides is 1. The monoisotopic (exact) mass is 311 g/mol. The third-order valence-electron chi connectivity index (χ3n) is 3.65. The summed E-state index contributed by atoms with van der Waals surface area (Å²) in [5.41, 5.74) is 4.46. The number of aryl methyl sites for hydroxylation is 3. The fourth-order valence-corrected chi connectivity index (χ4v) is 2.51. The van der Waals surface area contributed by atoms with Gasteiger partial charge in [-0.1, -0.05) is 25.1 Å². The number of hydrogen-bond acceptors (Lipinski definition) is 2. The summed E-state index contributed by atoms with van der Waals surface area (Å²) in [6, 6.07) is 14.2. The van der Waals surface area contributed by atoms with Gasteiger partial charge in [0.2, 0.25) is 5.91 Å². The molecule has 0 atom stereocenters. The van der Waals surface area contributed by atoms with Crippen molar-refractivity contribution in [3.8, 4) is 5.75 Å². The number of ether oxygens (including phenoxy) is 1. The summed E-state index contributed by atoms with van der Waals surface area (Å²) < 4.78 is 5.66. The first-order valence-corrected chi connectivity index (χ1v) is 8.16. The van der Waals surface area contributed by atoms with Crippen molar-refractivity contribution in [1.82, 2.24) is 0 Å². The second-order valence-corrected chi connectivity index (χ2v) is 5.87. The minimum Gasteiger partial charge on any atom is -0.494 e. The van der Waals surface area contributed by atoms with Crippen LogP contribution in [0.5, 0.6) is 5.75 Å². The fraction of sp³-hybridized carbons (Fsp3) is 0.350. The predicted octanol–water partition coefficient (Wildman–Crippen LogP) is 4.66. The highest BCUT2D eigenvalue weighted by Crippen LogP contribution is 2.15. The van der Waals surface area contributed by atoms with Gasteiger partial charge in [-0.2, -0.15) is 0 Å². The molecule has 0 spiro atoms. The van der Waals surface area contributed by atoms with E-state index in [0.717, 1.165) is 29.0 Å². The number of carbonyl (C=O) groups is 1. The van der Waals surface area contributed by atoms with E-state index < -0.39 is 0 Å². The van der Waals surface area contributed by atoms with Crippen LogP contribution in [0.4, 0.5) is 5.69 Å². The van der Waals surface area contributed by atoms with Gasteiger partial charge in [-0.05, 0) is 67.6 Å². The lowest BCUT2D eigenvalue weighted by Crippen LogP contribution is -2.13. The van der Waals surface area contributed by atoms with E-state index in [-0.39, 0.29) is 5.91 Å². The molecule has 1 amide bonds. The number of benzene rings is 2. The lowest BCUT2D eigenvalue weighted by molar-refractivity contribution is -0.116. The highest BCUT2D eigenvalue weighted by Gasteiger charge is 2.04. The standard InChI is InChI=1S/C20H25NO2/c1-4-17-7-9-19(10-8-17)23-11-5-6-20(22)21-18-13-15(2)12-16(3)14-18/h7-10,12-14H,4-6,11H2,1-3H3,(H,21,22). The van der Waals surface area contributed by atoms with Crippen molar-refractivity contribution >= 4 is 11.6 Å². The quantitative estimate of drug-likeness (QED) is 0.755. The normalized spacial score (nSPS) is 10.4. The Kier molecular flexibility index (Phi) is 6.21. The Bertz CT molecular complexity index is 627. The Hall–Kier alpha value is -2.29. The van der Waals surface area contributed by atoms with Crippen LogP contribution >= 0.6 is 0 Å². The molecule has 0 fully saturated rings. The number of rotatable bonds is 7. The molecule has 0 aromatic heterocycles. The maximum atomic E-state index is 12.0. The van der Waals surface area contributed by atoms with Crippen LogP contribution in [-0.4, -0.2) is 12.5 Å². The number of anilines is 1. The topological polar surface area (TPSA) is 38.3 Å². The number of nitrogens with one attached hydrogen (secondary N) is 1. The number of carbonyl (C=O) groups excluding carboxylic acids is 1. The Morgan fingerprint density at radius 2 is 1.70 bits per heavy atom. The lowest BCUT2D eigenvalue weighted by atomic mass is 10.1. The maximum Gasteiger partial charge on any atom is 0.224 e. The van der Waals surface area contributed by atoms with Crippen LogP contribution < -0.4 is 10.1 Å². The van der Waals surface area contributed by atoms with Crippen molar-refractivity contribution in [2.45, 2.75) is 40.0 Å². The van der Waals surface area contributed by atoms with Crippen molar-refractivity contribution in [2.75, 3.05) is 11.9 Å². The molecule has 2 aromatic rings. The lowest BCUT2D eigenvalue weighted by Gasteiger charge is -2.09. The van der Waals surface area contributed by atoms with E-state index in [9.17, 15) is 4.79 Å². The molecule has 0 radical (unpaired) electrons. The minimum atomic E-state index is 0.0277. The van der Waals surface area contributed by atoms with Crippen molar-refractivity contribution in [1.29, 1.82) is 0 Å². The molecule has 0 saturated carbocycles. The summed E-state index contributed by atoms with van der Waals surface area (Å²) in [5.74, 6) is 0.886. The summed E-state index contributed by atoms with van der Waals surface area (Å²) in [6.45, 7) is 6.73. The molecule has 2 aromatic carbocycles. The first kappa shape index (κ1) is 17.1. The van der Waals surface area contributed by atoms with Crippen molar-refractivity contribution < 1.29 is 9.53 Å². The zero-order valence-electron chi connectivity index (χ0n) is 14.2. The van der Waals surface area contributed by atoms with Crippen molar-refractivity contribution in [3.05, 3.63) is 59.2 Å². The summed E-state index contributed by atoms with van der Waals surface area (Å²) in [7, 11) is 0. The van der Waals surface area contributed by atoms with Crippen LogP contribution in [-0.2, 0) is 11.2 Å². The first-order chi connectivity index (χ1) is 11.1. The minimum absolute atomic E-state index is 0.0277. The molecule has 122 valence electrons. The molecule has 1 N–H and O–H groups in total. The van der Waals surface area contributed by atoms with Gasteiger partial charge in [-0.15, -0.1) is 0 Å². The van der Waals surface area contributed by atoms with Gasteiger partial charge in [-0.3, -0.25) is 4.79 Å². The summed E-state index contributed by atoms with van der Waals surface area (Å²) in [5, 5.41) is 2.94. The largest absolute Gasteiger partial charge is 0.494 e. The van der Waals surface area contributed by atoms with Gasteiger partial charge in [-0.25, -0.2) is 0 Å². The zero-order valence-corrected chi connectivity index (χ0v) is 14.2. The van der Waals surface area contributed by atoms with Crippen LogP contribution in [0.2, 0.25) is 0 Å². The molecule has 0 saturated heterocycles. The Morgan fingerprint density at radius 3 is 2.30 bits per heavy atom. The van der Waals surface area contributed by atoms with E-state index in [1.807, 2.05) is 38.1 Å². The predicted molar refractivity (Wildman–Crippen MR) is 95.1 cm³/mol. The SMILES string of the molecule is CCc1ccc(OCCCC(=O)Nc2cc(C)cc(C)c2)cc1. The second-order valence-electron chi connectivity index (χ2n) is 5.87. The molecule has 0 aliphatic carbocycles. The van der Waals surface area contributed by atoms with Crippen LogP contribution in [0.15, 0.2) is 42.5 Å². The van der Waals surface area contributed by atoms with Crippen LogP contribution in [0.1, 0.15) is 36.5 Å². The highest BCUT2D eigenvalue weighted by molar-refractivity contribution is 5.90. The molecule has 0 aliphatic rings. The molecule has 0 unspecified atom stereocenters. The average molecular weight is 311 g/mol. The Labute approximate surface area is 138 Å². The van der Waals surface area contributed by atoms with Crippen LogP contribution in [0.25, 0.3) is 0 Å². The smallest absolute Gasteiger partial charge is 0.224 e. The fourth-order valence-electron chi connectivity index (χ4n) is 2.51. The average Bonchev–Trinajstić information content (AvgIpc) is 2.51. The van der Waals surface area contributed by atoms with Gasteiger partial charge in [0, 0.05) is 12.1 Å². The van der Waals surface area contributed by atoms with E-state index in [1.165, 1.54) is 5.56 Å². The van der Waals surface area contributed by atoms with Gasteiger partial charge < -0.3 is 10.1 Å². The Morgan fingerprint density at radius 1 is 1.04 bits per heavy atom. The molecule has 3 heteroatoms. The third-order valence-corrected chi connectivity index (χ3v) is 3.65. The van der Waals surface area contributed by atoms with Gasteiger partial charge >= 0.3 is 0 Å². The van der Waals surface area contributed by atoms with Gasteiger partial charge in [0.15, 0.2) is 0 Å². The van der Waals surface area contributed by atoms with E-state index in [2.05, 4.69) is 30.4 Å². The van der Waals surface area contributed by atoms with E-state index in [0.29, 0.717) is 19.4 Å². The molecule has 3 nitrogen and oxygen atoms in total. The van der Waals surface area contributed by atoms with Gasteiger partial charge in [0.25, 0.3) is 0 Å². The molecular formula is C20H25NO2. The summed E-state index contributed by atoms with van der Waals surface area (Å²) in [6.07, 6.45) is 2.19. The van der Waals surface area contributed by atoms with E-state index >= 15 is 0 Å². The maximum absolute atomic E-state index is 12.0. The molecule has 0 bridgehead atoms. The molecule has 2 rings (SSSR count). The molecule has 0 heterocycles. The number of hydrogen-bond donors (Lipinski definition) is 1. The summed E-state index contributed by atoms with van der Waals surface area (Å²) >= 11 is 0. The second kappa shape index (κ2) is 8.37. The van der Waals surface area contributed by atoms with Gasteiger partial charge in [0.1, 0.15) is 5.75 Å². The first-order valence-electron chi connectivity index (χ1n) is 8.16. The third kappa shape index (κ3) is 5.78. The van der Waals surface area contributed by atoms with Crippen LogP contribution in [0, 0.1) is 13.8 Å². The summed E-state index contributed by atoms with van der Waals surface area (Å²) in [4.78, 5) is 12.0. The van der Waals surface area contributed by atoms with E-state index in [4.69, 9.17) is 4.74 Å². The Balaban J connectivity index is 1.71. The molecule has 23 heavy (non-hydrogen) atoms. The molecule has 0 aliphatic heterocycles. The van der Waals surface area contributed by atoms with Crippen molar-refractivity contribution in [3.63, 3.8) is 0 Å². The zero-order chi connectivity index (χ0) is 16.7.